The van der Waals surface area contributed by atoms with E-state index in [9.17, 15) is 0 Å². The Labute approximate surface area is 190 Å². The number of aliphatic imine (C=N–C) groups is 1. The van der Waals surface area contributed by atoms with Gasteiger partial charge in [0.2, 0.25) is 5.89 Å². The maximum atomic E-state index is 5.61. The van der Waals surface area contributed by atoms with E-state index in [2.05, 4.69) is 25.5 Å². The van der Waals surface area contributed by atoms with Crippen molar-refractivity contribution in [3.63, 3.8) is 0 Å². The standard InChI is InChI=1S/C22H31N5O.HI/c1-23-22(26-18-11-13-27(14-12-18)20-9-5-6-10-20)24-15-19-16-28-21(25-19)17-7-3-2-4-8-17;/h2-4,7-8,16,18,20H,5-6,9-15H2,1H3,(H2,23,24,26);1H. The minimum Gasteiger partial charge on any atom is -0.444 e. The van der Waals surface area contributed by atoms with Gasteiger partial charge in [-0.2, -0.15) is 0 Å². The van der Waals surface area contributed by atoms with Gasteiger partial charge in [-0.1, -0.05) is 31.0 Å². The number of hydrogen-bond acceptors (Lipinski definition) is 4. The summed E-state index contributed by atoms with van der Waals surface area (Å²) in [5.41, 5.74) is 1.86. The van der Waals surface area contributed by atoms with E-state index in [1.807, 2.05) is 37.4 Å². The molecule has 2 fully saturated rings. The minimum atomic E-state index is 0. The van der Waals surface area contributed by atoms with Gasteiger partial charge in [0.05, 0.1) is 12.2 Å². The lowest BCUT2D eigenvalue weighted by Gasteiger charge is -2.36. The Hall–Kier alpha value is -1.61. The number of piperidine rings is 1. The molecular formula is C22H32IN5O. The summed E-state index contributed by atoms with van der Waals surface area (Å²) in [6, 6.07) is 11.3. The smallest absolute Gasteiger partial charge is 0.226 e. The Kier molecular flexibility index (Phi) is 8.35. The topological polar surface area (TPSA) is 65.7 Å². The Bertz CT molecular complexity index is 765. The summed E-state index contributed by atoms with van der Waals surface area (Å²) in [6.07, 6.45) is 9.68. The fraction of sp³-hybridized carbons (Fsp3) is 0.545. The zero-order chi connectivity index (χ0) is 19.2. The normalized spacial score (nSPS) is 19.1. The molecule has 1 aliphatic carbocycles. The van der Waals surface area contributed by atoms with Crippen LogP contribution in [0.25, 0.3) is 11.5 Å². The number of oxazole rings is 1. The highest BCUT2D eigenvalue weighted by Crippen LogP contribution is 2.26. The zero-order valence-corrected chi connectivity index (χ0v) is 19.5. The van der Waals surface area contributed by atoms with Crippen LogP contribution in [-0.4, -0.2) is 48.1 Å². The first-order valence-corrected chi connectivity index (χ1v) is 10.5. The van der Waals surface area contributed by atoms with Gasteiger partial charge in [-0.05, 0) is 37.8 Å². The highest BCUT2D eigenvalue weighted by Gasteiger charge is 2.27. The number of aromatic nitrogens is 1. The molecule has 1 aliphatic heterocycles. The number of benzene rings is 1. The minimum absolute atomic E-state index is 0. The van der Waals surface area contributed by atoms with Gasteiger partial charge in [-0.3, -0.25) is 4.99 Å². The lowest BCUT2D eigenvalue weighted by atomic mass is 10.0. The molecule has 4 rings (SSSR count). The maximum Gasteiger partial charge on any atom is 0.226 e. The van der Waals surface area contributed by atoms with Gasteiger partial charge < -0.3 is 20.0 Å². The molecule has 0 radical (unpaired) electrons. The fourth-order valence-electron chi connectivity index (χ4n) is 4.34. The molecule has 0 amide bonds. The lowest BCUT2D eigenvalue weighted by molar-refractivity contribution is 0.150. The van der Waals surface area contributed by atoms with E-state index in [1.165, 1.54) is 51.6 Å². The van der Waals surface area contributed by atoms with Crippen LogP contribution in [0.3, 0.4) is 0 Å². The van der Waals surface area contributed by atoms with Crippen molar-refractivity contribution >= 4 is 29.9 Å². The highest BCUT2D eigenvalue weighted by atomic mass is 127. The molecule has 2 aliphatic rings. The van der Waals surface area contributed by atoms with Crippen molar-refractivity contribution in [3.8, 4) is 11.5 Å². The first-order chi connectivity index (χ1) is 13.8. The lowest BCUT2D eigenvalue weighted by Crippen LogP contribution is -2.50. The van der Waals surface area contributed by atoms with E-state index in [0.29, 0.717) is 18.5 Å². The van der Waals surface area contributed by atoms with E-state index in [0.717, 1.165) is 23.3 Å². The molecule has 0 spiro atoms. The number of hydrogen-bond donors (Lipinski definition) is 2. The van der Waals surface area contributed by atoms with E-state index >= 15 is 0 Å². The van der Waals surface area contributed by atoms with Gasteiger partial charge in [0.1, 0.15) is 6.26 Å². The van der Waals surface area contributed by atoms with Crippen LogP contribution < -0.4 is 10.6 Å². The van der Waals surface area contributed by atoms with Gasteiger partial charge >= 0.3 is 0 Å². The van der Waals surface area contributed by atoms with Crippen molar-refractivity contribution in [2.75, 3.05) is 20.1 Å². The third kappa shape index (κ3) is 5.94. The molecule has 1 aromatic heterocycles. The summed E-state index contributed by atoms with van der Waals surface area (Å²) in [6.45, 7) is 2.99. The van der Waals surface area contributed by atoms with E-state index in [4.69, 9.17) is 4.42 Å². The van der Waals surface area contributed by atoms with Gasteiger partial charge in [0, 0.05) is 37.8 Å². The van der Waals surface area contributed by atoms with Gasteiger partial charge in [-0.15, -0.1) is 24.0 Å². The molecule has 0 unspecified atom stereocenters. The van der Waals surface area contributed by atoms with Crippen LogP contribution in [0.5, 0.6) is 0 Å². The Balaban J connectivity index is 0.00000240. The molecular weight excluding hydrogens is 477 g/mol. The van der Waals surface area contributed by atoms with Crippen LogP contribution in [0.15, 0.2) is 46.0 Å². The molecule has 1 saturated heterocycles. The summed E-state index contributed by atoms with van der Waals surface area (Å²) >= 11 is 0. The molecule has 29 heavy (non-hydrogen) atoms. The van der Waals surface area contributed by atoms with Crippen LogP contribution in [0, 0.1) is 0 Å². The van der Waals surface area contributed by atoms with Crippen LogP contribution >= 0.6 is 24.0 Å². The highest BCUT2D eigenvalue weighted by molar-refractivity contribution is 14.0. The summed E-state index contributed by atoms with van der Waals surface area (Å²) in [5, 5.41) is 6.95. The predicted molar refractivity (Wildman–Crippen MR) is 128 cm³/mol. The first kappa shape index (κ1) is 22.1. The molecule has 2 N–H and O–H groups in total. The summed E-state index contributed by atoms with van der Waals surface area (Å²) < 4.78 is 5.61. The number of guanidine groups is 1. The number of halogens is 1. The van der Waals surface area contributed by atoms with Crippen LogP contribution in [0.2, 0.25) is 0 Å². The molecule has 2 heterocycles. The SMILES string of the molecule is CN=C(NCc1coc(-c2ccccc2)n1)NC1CCN(C2CCCC2)CC1.I. The third-order valence-electron chi connectivity index (χ3n) is 5.94. The molecule has 158 valence electrons. The molecule has 1 saturated carbocycles. The number of likely N-dealkylation sites (tertiary alicyclic amines) is 1. The van der Waals surface area contributed by atoms with Crippen LogP contribution in [0.4, 0.5) is 0 Å². The van der Waals surface area contributed by atoms with E-state index in [-0.39, 0.29) is 24.0 Å². The number of rotatable bonds is 5. The number of nitrogens with zero attached hydrogens (tertiary/aromatic N) is 3. The molecule has 2 aromatic rings. The molecule has 0 bridgehead atoms. The Morgan fingerprint density at radius 1 is 1.14 bits per heavy atom. The second kappa shape index (κ2) is 11.0. The second-order valence-electron chi connectivity index (χ2n) is 7.83. The largest absolute Gasteiger partial charge is 0.444 e. The molecule has 7 heteroatoms. The van der Waals surface area contributed by atoms with Gasteiger partial charge in [-0.25, -0.2) is 4.98 Å². The molecule has 6 nitrogen and oxygen atoms in total. The van der Waals surface area contributed by atoms with E-state index in [1.54, 1.807) is 6.26 Å². The zero-order valence-electron chi connectivity index (χ0n) is 17.1. The van der Waals surface area contributed by atoms with Crippen molar-refractivity contribution in [2.24, 2.45) is 4.99 Å². The van der Waals surface area contributed by atoms with Crippen molar-refractivity contribution in [2.45, 2.75) is 57.2 Å². The maximum absolute atomic E-state index is 5.61. The summed E-state index contributed by atoms with van der Waals surface area (Å²) in [7, 11) is 1.82. The summed E-state index contributed by atoms with van der Waals surface area (Å²) in [5.74, 6) is 1.49. The van der Waals surface area contributed by atoms with Crippen molar-refractivity contribution < 1.29 is 4.42 Å². The average Bonchev–Trinajstić information content (AvgIpc) is 3.44. The molecule has 1 aromatic carbocycles. The third-order valence-corrected chi connectivity index (χ3v) is 5.94. The van der Waals surface area contributed by atoms with Crippen LogP contribution in [-0.2, 0) is 6.54 Å². The van der Waals surface area contributed by atoms with Crippen molar-refractivity contribution in [3.05, 3.63) is 42.3 Å². The van der Waals surface area contributed by atoms with Crippen molar-refractivity contribution in [1.82, 2.24) is 20.5 Å². The summed E-state index contributed by atoms with van der Waals surface area (Å²) in [4.78, 5) is 11.6. The second-order valence-corrected chi connectivity index (χ2v) is 7.83. The predicted octanol–water partition coefficient (Wildman–Crippen LogP) is 4.03. The molecule has 0 atom stereocenters. The fourth-order valence-corrected chi connectivity index (χ4v) is 4.34. The number of nitrogens with one attached hydrogen (secondary N) is 2. The van der Waals surface area contributed by atoms with E-state index < -0.39 is 0 Å². The monoisotopic (exact) mass is 509 g/mol. The van der Waals surface area contributed by atoms with Gasteiger partial charge in [0.15, 0.2) is 5.96 Å². The Morgan fingerprint density at radius 3 is 2.55 bits per heavy atom. The van der Waals surface area contributed by atoms with Crippen LogP contribution in [0.1, 0.15) is 44.2 Å². The van der Waals surface area contributed by atoms with Gasteiger partial charge in [0.25, 0.3) is 0 Å². The quantitative estimate of drug-likeness (QED) is 0.362. The van der Waals surface area contributed by atoms with Crippen molar-refractivity contribution in [1.29, 1.82) is 0 Å². The first-order valence-electron chi connectivity index (χ1n) is 10.5. The Morgan fingerprint density at radius 2 is 1.86 bits per heavy atom. The average molecular weight is 509 g/mol.